The van der Waals surface area contributed by atoms with E-state index in [0.717, 1.165) is 0 Å². The molecule has 3 atom stereocenters. The van der Waals surface area contributed by atoms with E-state index in [2.05, 4.69) is 17.2 Å². The number of carboxylic acid groups (broad SMARTS) is 1. The van der Waals surface area contributed by atoms with Crippen molar-refractivity contribution >= 4 is 18.0 Å². The van der Waals surface area contributed by atoms with Gasteiger partial charge in [0.1, 0.15) is 18.7 Å². The van der Waals surface area contributed by atoms with Crippen LogP contribution in [0.4, 0.5) is 4.79 Å². The van der Waals surface area contributed by atoms with Crippen LogP contribution in [0.15, 0.2) is 12.7 Å². The maximum atomic E-state index is 12.1. The number of aliphatic hydroxyl groups excluding tert-OH is 1. The van der Waals surface area contributed by atoms with Crippen molar-refractivity contribution in [2.45, 2.75) is 32.4 Å². The Morgan fingerprint density at radius 2 is 1.95 bits per heavy atom. The molecular weight excluding hydrogens is 280 g/mol. The molecule has 0 spiro atoms. The summed E-state index contributed by atoms with van der Waals surface area (Å²) in [4.78, 5) is 34.3. The molecule has 0 rings (SSSR count). The number of alkyl carbamates (subject to hydrolysis) is 1. The fourth-order valence-corrected chi connectivity index (χ4v) is 1.45. The zero-order chi connectivity index (χ0) is 16.4. The molecule has 0 aromatic rings. The van der Waals surface area contributed by atoms with Crippen LogP contribution < -0.4 is 10.6 Å². The smallest absolute Gasteiger partial charge is 0.408 e. The number of ether oxygens (including phenoxy) is 1. The van der Waals surface area contributed by atoms with E-state index >= 15 is 0 Å². The summed E-state index contributed by atoms with van der Waals surface area (Å²) in [6.45, 7) is 6.20. The molecule has 8 nitrogen and oxygen atoms in total. The number of aliphatic hydroxyl groups is 1. The molecule has 0 radical (unpaired) electrons. The lowest BCUT2D eigenvalue weighted by molar-refractivity contribution is -0.143. The third-order valence-electron chi connectivity index (χ3n) is 2.90. The average Bonchev–Trinajstić information content (AvgIpc) is 2.46. The van der Waals surface area contributed by atoms with Crippen molar-refractivity contribution < 1.29 is 29.3 Å². The van der Waals surface area contributed by atoms with E-state index in [1.807, 2.05) is 6.92 Å². The second-order valence-corrected chi connectivity index (χ2v) is 4.48. The SMILES string of the molecule is C=CCOC(=O)N[C@@H](C(=O)N[C@H](CO)C(=O)O)C(C)CC. The Kier molecular flexibility index (Phi) is 8.79. The molecule has 0 bridgehead atoms. The molecule has 21 heavy (non-hydrogen) atoms. The summed E-state index contributed by atoms with van der Waals surface area (Å²) in [6.07, 6.45) is 1.16. The summed E-state index contributed by atoms with van der Waals surface area (Å²) in [5.41, 5.74) is 0. The topological polar surface area (TPSA) is 125 Å². The van der Waals surface area contributed by atoms with Gasteiger partial charge in [-0.25, -0.2) is 9.59 Å². The molecule has 0 aliphatic carbocycles. The van der Waals surface area contributed by atoms with Crippen molar-refractivity contribution in [3.8, 4) is 0 Å². The Balaban J connectivity index is 4.81. The summed E-state index contributed by atoms with van der Waals surface area (Å²) >= 11 is 0. The van der Waals surface area contributed by atoms with Crippen LogP contribution in [0.25, 0.3) is 0 Å². The van der Waals surface area contributed by atoms with Crippen molar-refractivity contribution in [2.24, 2.45) is 5.92 Å². The van der Waals surface area contributed by atoms with Gasteiger partial charge in [-0.1, -0.05) is 32.9 Å². The van der Waals surface area contributed by atoms with Gasteiger partial charge in [0.25, 0.3) is 0 Å². The lowest BCUT2D eigenvalue weighted by Crippen LogP contribution is -2.55. The molecule has 0 aliphatic rings. The number of hydrogen-bond donors (Lipinski definition) is 4. The van der Waals surface area contributed by atoms with Crippen LogP contribution in [0, 0.1) is 5.92 Å². The Morgan fingerprint density at radius 1 is 1.33 bits per heavy atom. The number of rotatable bonds is 9. The normalized spacial score (nSPS) is 14.4. The van der Waals surface area contributed by atoms with Crippen LogP contribution >= 0.6 is 0 Å². The molecule has 0 saturated carbocycles. The molecule has 0 aromatic heterocycles. The molecule has 8 heteroatoms. The van der Waals surface area contributed by atoms with Gasteiger partial charge < -0.3 is 25.6 Å². The van der Waals surface area contributed by atoms with Gasteiger partial charge in [0, 0.05) is 0 Å². The van der Waals surface area contributed by atoms with E-state index in [1.165, 1.54) is 6.08 Å². The largest absolute Gasteiger partial charge is 0.480 e. The first-order valence-corrected chi connectivity index (χ1v) is 6.55. The van der Waals surface area contributed by atoms with E-state index in [4.69, 9.17) is 14.9 Å². The highest BCUT2D eigenvalue weighted by Gasteiger charge is 2.29. The van der Waals surface area contributed by atoms with E-state index < -0.39 is 36.7 Å². The molecule has 120 valence electrons. The van der Waals surface area contributed by atoms with Crippen molar-refractivity contribution in [1.82, 2.24) is 10.6 Å². The Labute approximate surface area is 123 Å². The van der Waals surface area contributed by atoms with Gasteiger partial charge in [-0.05, 0) is 5.92 Å². The number of hydrogen-bond acceptors (Lipinski definition) is 5. The summed E-state index contributed by atoms with van der Waals surface area (Å²) in [5, 5.41) is 22.2. The monoisotopic (exact) mass is 302 g/mol. The number of amides is 2. The van der Waals surface area contributed by atoms with E-state index in [1.54, 1.807) is 6.92 Å². The highest BCUT2D eigenvalue weighted by Crippen LogP contribution is 2.08. The highest BCUT2D eigenvalue weighted by molar-refractivity contribution is 5.89. The van der Waals surface area contributed by atoms with Crippen LogP contribution in [-0.4, -0.2) is 53.5 Å². The quantitative estimate of drug-likeness (QED) is 0.440. The van der Waals surface area contributed by atoms with Crippen molar-refractivity contribution in [3.05, 3.63) is 12.7 Å². The Bertz CT molecular complexity index is 385. The fourth-order valence-electron chi connectivity index (χ4n) is 1.45. The zero-order valence-corrected chi connectivity index (χ0v) is 12.2. The minimum absolute atomic E-state index is 0.00489. The molecular formula is C13H22N2O6. The zero-order valence-electron chi connectivity index (χ0n) is 12.2. The molecule has 2 amide bonds. The summed E-state index contributed by atoms with van der Waals surface area (Å²) < 4.78 is 4.73. The number of nitrogens with one attached hydrogen (secondary N) is 2. The number of aliphatic carboxylic acids is 1. The van der Waals surface area contributed by atoms with Crippen molar-refractivity contribution in [1.29, 1.82) is 0 Å². The van der Waals surface area contributed by atoms with Crippen LogP contribution in [-0.2, 0) is 14.3 Å². The predicted molar refractivity (Wildman–Crippen MR) is 74.6 cm³/mol. The van der Waals surface area contributed by atoms with Gasteiger partial charge in [-0.15, -0.1) is 0 Å². The maximum absolute atomic E-state index is 12.1. The average molecular weight is 302 g/mol. The highest BCUT2D eigenvalue weighted by atomic mass is 16.5. The first kappa shape index (κ1) is 18.9. The van der Waals surface area contributed by atoms with E-state index in [0.29, 0.717) is 6.42 Å². The third-order valence-corrected chi connectivity index (χ3v) is 2.90. The molecule has 0 fully saturated rings. The number of carbonyl (C=O) groups is 3. The molecule has 0 aliphatic heterocycles. The van der Waals surface area contributed by atoms with Gasteiger partial charge in [0.15, 0.2) is 0 Å². The lowest BCUT2D eigenvalue weighted by Gasteiger charge is -2.24. The Hall–Kier alpha value is -2.09. The first-order chi connectivity index (χ1) is 9.87. The van der Waals surface area contributed by atoms with Gasteiger partial charge in [0.2, 0.25) is 5.91 Å². The lowest BCUT2D eigenvalue weighted by atomic mass is 9.98. The van der Waals surface area contributed by atoms with Crippen molar-refractivity contribution in [3.63, 3.8) is 0 Å². The van der Waals surface area contributed by atoms with Gasteiger partial charge >= 0.3 is 12.1 Å². The molecule has 1 unspecified atom stereocenters. The minimum Gasteiger partial charge on any atom is -0.480 e. The van der Waals surface area contributed by atoms with Crippen LogP contribution in [0.5, 0.6) is 0 Å². The van der Waals surface area contributed by atoms with Crippen LogP contribution in [0.3, 0.4) is 0 Å². The summed E-state index contributed by atoms with van der Waals surface area (Å²) in [7, 11) is 0. The molecule has 4 N–H and O–H groups in total. The van der Waals surface area contributed by atoms with Crippen LogP contribution in [0.2, 0.25) is 0 Å². The minimum atomic E-state index is -1.42. The summed E-state index contributed by atoms with van der Waals surface area (Å²) in [6, 6.07) is -2.38. The standard InChI is InChI=1S/C13H22N2O6/c1-4-6-21-13(20)15-10(8(3)5-2)11(17)14-9(7-16)12(18)19/h4,8-10,16H,1,5-7H2,2-3H3,(H,14,17)(H,15,20)(H,18,19)/t8?,9-,10-/m1/s1. The second kappa shape index (κ2) is 9.76. The summed E-state index contributed by atoms with van der Waals surface area (Å²) in [5.74, 6) is -2.29. The van der Waals surface area contributed by atoms with Gasteiger partial charge in [-0.2, -0.15) is 0 Å². The first-order valence-electron chi connectivity index (χ1n) is 6.55. The molecule has 0 saturated heterocycles. The number of carboxylic acids is 1. The maximum Gasteiger partial charge on any atom is 0.408 e. The van der Waals surface area contributed by atoms with Gasteiger partial charge in [0.05, 0.1) is 6.61 Å². The molecule has 0 heterocycles. The van der Waals surface area contributed by atoms with E-state index in [9.17, 15) is 14.4 Å². The fraction of sp³-hybridized carbons (Fsp3) is 0.615. The van der Waals surface area contributed by atoms with Gasteiger partial charge in [-0.3, -0.25) is 4.79 Å². The Morgan fingerprint density at radius 3 is 2.38 bits per heavy atom. The predicted octanol–water partition coefficient (Wildman–Crippen LogP) is -0.125. The second-order valence-electron chi connectivity index (χ2n) is 4.48. The molecule has 0 aromatic carbocycles. The number of carbonyl (C=O) groups excluding carboxylic acids is 2. The van der Waals surface area contributed by atoms with Crippen LogP contribution in [0.1, 0.15) is 20.3 Å². The van der Waals surface area contributed by atoms with Crippen molar-refractivity contribution in [2.75, 3.05) is 13.2 Å². The third kappa shape index (κ3) is 6.75. The van der Waals surface area contributed by atoms with E-state index in [-0.39, 0.29) is 12.5 Å².